The molecule has 7 nitrogen and oxygen atoms in total. The fourth-order valence-electron chi connectivity index (χ4n) is 3.99. The van der Waals surface area contributed by atoms with Crippen LogP contribution in [-0.2, 0) is 16.1 Å². The third-order valence-electron chi connectivity index (χ3n) is 5.70. The molecule has 1 aliphatic heterocycles. The molecule has 0 spiro atoms. The van der Waals surface area contributed by atoms with Gasteiger partial charge < -0.3 is 14.4 Å². The SMILES string of the molecule is CCOc1ccc(N2C(=O)CC(N(Cc3ccccc3)C(=O)c3ccc(OC)cc3)C2=O)cc1. The van der Waals surface area contributed by atoms with E-state index in [2.05, 4.69) is 0 Å². The van der Waals surface area contributed by atoms with Crippen LogP contribution in [0.2, 0.25) is 0 Å². The standard InChI is InChI=1S/C27H26N2O5/c1-3-34-23-15-11-21(12-16-23)29-25(30)17-24(27(29)32)28(18-19-7-5-4-6-8-19)26(31)20-9-13-22(33-2)14-10-20/h4-16,24H,3,17-18H2,1-2H3. The number of hydrogen-bond acceptors (Lipinski definition) is 5. The van der Waals surface area contributed by atoms with Crippen LogP contribution in [0.25, 0.3) is 0 Å². The van der Waals surface area contributed by atoms with Gasteiger partial charge in [-0.05, 0) is 61.0 Å². The van der Waals surface area contributed by atoms with Crippen LogP contribution in [0, 0.1) is 0 Å². The van der Waals surface area contributed by atoms with E-state index in [0.29, 0.717) is 29.4 Å². The molecule has 1 atom stereocenters. The molecule has 0 aliphatic carbocycles. The van der Waals surface area contributed by atoms with E-state index in [4.69, 9.17) is 9.47 Å². The van der Waals surface area contributed by atoms with Gasteiger partial charge in [-0.1, -0.05) is 30.3 Å². The van der Waals surface area contributed by atoms with Gasteiger partial charge in [-0.25, -0.2) is 4.90 Å². The van der Waals surface area contributed by atoms with Crippen LogP contribution < -0.4 is 14.4 Å². The van der Waals surface area contributed by atoms with E-state index in [1.165, 1.54) is 4.90 Å². The van der Waals surface area contributed by atoms with Crippen LogP contribution in [0.15, 0.2) is 78.9 Å². The minimum atomic E-state index is -0.908. The van der Waals surface area contributed by atoms with Crippen molar-refractivity contribution < 1.29 is 23.9 Å². The zero-order valence-electron chi connectivity index (χ0n) is 19.1. The minimum absolute atomic E-state index is 0.0826. The molecule has 0 aromatic heterocycles. The molecule has 0 bridgehead atoms. The fourth-order valence-corrected chi connectivity index (χ4v) is 3.99. The number of imide groups is 1. The molecule has 4 rings (SSSR count). The van der Waals surface area contributed by atoms with Crippen molar-refractivity contribution in [2.45, 2.75) is 25.9 Å². The number of carbonyl (C=O) groups excluding carboxylic acids is 3. The Hall–Kier alpha value is -4.13. The summed E-state index contributed by atoms with van der Waals surface area (Å²) in [7, 11) is 1.55. The van der Waals surface area contributed by atoms with Crippen molar-refractivity contribution in [3.05, 3.63) is 90.0 Å². The summed E-state index contributed by atoms with van der Waals surface area (Å²) in [5.74, 6) is 0.181. The highest BCUT2D eigenvalue weighted by Crippen LogP contribution is 2.29. The zero-order chi connectivity index (χ0) is 24.1. The van der Waals surface area contributed by atoms with Crippen molar-refractivity contribution in [1.29, 1.82) is 0 Å². The molecule has 34 heavy (non-hydrogen) atoms. The smallest absolute Gasteiger partial charge is 0.257 e. The van der Waals surface area contributed by atoms with Crippen LogP contribution >= 0.6 is 0 Å². The van der Waals surface area contributed by atoms with Crippen molar-refractivity contribution in [2.75, 3.05) is 18.6 Å². The molecule has 1 heterocycles. The van der Waals surface area contributed by atoms with Gasteiger partial charge in [-0.2, -0.15) is 0 Å². The van der Waals surface area contributed by atoms with Crippen LogP contribution in [-0.4, -0.2) is 42.4 Å². The molecule has 1 fully saturated rings. The van der Waals surface area contributed by atoms with Crippen molar-refractivity contribution in [2.24, 2.45) is 0 Å². The normalized spacial score (nSPS) is 15.4. The zero-order valence-corrected chi connectivity index (χ0v) is 19.1. The Bertz CT molecular complexity index is 1160. The number of carbonyl (C=O) groups is 3. The van der Waals surface area contributed by atoms with Crippen molar-refractivity contribution in [3.63, 3.8) is 0 Å². The predicted octanol–water partition coefficient (Wildman–Crippen LogP) is 4.07. The second-order valence-electron chi connectivity index (χ2n) is 7.86. The van der Waals surface area contributed by atoms with Crippen molar-refractivity contribution in [3.8, 4) is 11.5 Å². The first kappa shape index (κ1) is 23.0. The second kappa shape index (κ2) is 10.2. The van der Waals surface area contributed by atoms with E-state index in [0.717, 1.165) is 10.5 Å². The average molecular weight is 459 g/mol. The number of hydrogen-bond donors (Lipinski definition) is 0. The Morgan fingerprint density at radius 2 is 1.59 bits per heavy atom. The Kier molecular flexibility index (Phi) is 6.92. The van der Waals surface area contributed by atoms with Crippen molar-refractivity contribution >= 4 is 23.4 Å². The number of ether oxygens (including phenoxy) is 2. The quantitative estimate of drug-likeness (QED) is 0.476. The number of methoxy groups -OCH3 is 1. The molecule has 0 N–H and O–H groups in total. The van der Waals surface area contributed by atoms with E-state index < -0.39 is 11.9 Å². The molecule has 3 amide bonds. The molecular formula is C27H26N2O5. The Balaban J connectivity index is 1.64. The fraction of sp³-hybridized carbons (Fsp3) is 0.222. The first-order valence-electron chi connectivity index (χ1n) is 11.1. The van der Waals surface area contributed by atoms with Crippen LogP contribution in [0.3, 0.4) is 0 Å². The number of rotatable bonds is 8. The van der Waals surface area contributed by atoms with Gasteiger partial charge in [0, 0.05) is 12.1 Å². The van der Waals surface area contributed by atoms with Crippen LogP contribution in [0.5, 0.6) is 11.5 Å². The van der Waals surface area contributed by atoms with Crippen LogP contribution in [0.4, 0.5) is 5.69 Å². The Labute approximate surface area is 198 Å². The van der Waals surface area contributed by atoms with Gasteiger partial charge in [0.1, 0.15) is 17.5 Å². The molecule has 1 saturated heterocycles. The third kappa shape index (κ3) is 4.78. The lowest BCUT2D eigenvalue weighted by Crippen LogP contribution is -2.45. The lowest BCUT2D eigenvalue weighted by Gasteiger charge is -2.28. The average Bonchev–Trinajstić information content (AvgIpc) is 3.17. The summed E-state index contributed by atoms with van der Waals surface area (Å²) in [6, 6.07) is 22.0. The van der Waals surface area contributed by atoms with Gasteiger partial charge in [0.2, 0.25) is 5.91 Å². The summed E-state index contributed by atoms with van der Waals surface area (Å²) in [4.78, 5) is 42.5. The van der Waals surface area contributed by atoms with Gasteiger partial charge >= 0.3 is 0 Å². The van der Waals surface area contributed by atoms with E-state index in [-0.39, 0.29) is 24.8 Å². The molecule has 3 aromatic carbocycles. The molecule has 3 aromatic rings. The molecular weight excluding hydrogens is 432 g/mol. The maximum atomic E-state index is 13.5. The molecule has 174 valence electrons. The highest BCUT2D eigenvalue weighted by atomic mass is 16.5. The summed E-state index contributed by atoms with van der Waals surface area (Å²) < 4.78 is 10.6. The molecule has 0 saturated carbocycles. The number of nitrogens with zero attached hydrogens (tertiary/aromatic N) is 2. The Morgan fingerprint density at radius 1 is 0.941 bits per heavy atom. The third-order valence-corrected chi connectivity index (χ3v) is 5.70. The van der Waals surface area contributed by atoms with E-state index >= 15 is 0 Å². The summed E-state index contributed by atoms with van der Waals surface area (Å²) in [6.07, 6.45) is -0.0826. The van der Waals surface area contributed by atoms with Gasteiger partial charge in [0.05, 0.1) is 25.8 Å². The lowest BCUT2D eigenvalue weighted by molar-refractivity contribution is -0.122. The second-order valence-corrected chi connectivity index (χ2v) is 7.86. The van der Waals surface area contributed by atoms with E-state index in [1.54, 1.807) is 55.6 Å². The molecule has 7 heteroatoms. The highest BCUT2D eigenvalue weighted by Gasteiger charge is 2.44. The van der Waals surface area contributed by atoms with E-state index in [1.807, 2.05) is 37.3 Å². The monoisotopic (exact) mass is 458 g/mol. The summed E-state index contributed by atoms with van der Waals surface area (Å²) in [5.41, 5.74) is 1.73. The maximum Gasteiger partial charge on any atom is 0.257 e. The minimum Gasteiger partial charge on any atom is -0.497 e. The largest absolute Gasteiger partial charge is 0.497 e. The predicted molar refractivity (Wildman–Crippen MR) is 128 cm³/mol. The highest BCUT2D eigenvalue weighted by molar-refractivity contribution is 6.23. The van der Waals surface area contributed by atoms with Crippen LogP contribution in [0.1, 0.15) is 29.3 Å². The van der Waals surface area contributed by atoms with Gasteiger partial charge in [-0.15, -0.1) is 0 Å². The molecule has 1 aliphatic rings. The summed E-state index contributed by atoms with van der Waals surface area (Å²) >= 11 is 0. The van der Waals surface area contributed by atoms with E-state index in [9.17, 15) is 14.4 Å². The van der Waals surface area contributed by atoms with Crippen molar-refractivity contribution in [1.82, 2.24) is 4.90 Å². The van der Waals surface area contributed by atoms with Gasteiger partial charge in [0.25, 0.3) is 11.8 Å². The topological polar surface area (TPSA) is 76.2 Å². The first-order chi connectivity index (χ1) is 16.5. The molecule has 0 radical (unpaired) electrons. The summed E-state index contributed by atoms with van der Waals surface area (Å²) in [6.45, 7) is 2.60. The van der Waals surface area contributed by atoms with Gasteiger partial charge in [0.15, 0.2) is 0 Å². The number of anilines is 1. The lowest BCUT2D eigenvalue weighted by atomic mass is 10.1. The van der Waals surface area contributed by atoms with Gasteiger partial charge in [-0.3, -0.25) is 14.4 Å². The Morgan fingerprint density at radius 3 is 2.21 bits per heavy atom. The number of benzene rings is 3. The molecule has 1 unspecified atom stereocenters. The number of amides is 3. The first-order valence-corrected chi connectivity index (χ1v) is 11.1. The summed E-state index contributed by atoms with van der Waals surface area (Å²) in [5, 5.41) is 0. The maximum absolute atomic E-state index is 13.5.